The van der Waals surface area contributed by atoms with Crippen LogP contribution in [0.5, 0.6) is 5.75 Å². The van der Waals surface area contributed by atoms with E-state index in [9.17, 15) is 5.11 Å². The third-order valence-corrected chi connectivity index (χ3v) is 2.91. The quantitative estimate of drug-likeness (QED) is 0.911. The van der Waals surface area contributed by atoms with Crippen molar-refractivity contribution in [2.75, 3.05) is 6.61 Å². The molecule has 1 atom stereocenters. The Morgan fingerprint density at radius 3 is 2.42 bits per heavy atom. The van der Waals surface area contributed by atoms with Crippen molar-refractivity contribution < 1.29 is 9.84 Å². The zero-order valence-electron chi connectivity index (χ0n) is 10.7. The Balaban J connectivity index is 2.12. The first-order valence-electron chi connectivity index (χ1n) is 6.03. The second-order valence-electron chi connectivity index (χ2n) is 4.54. The van der Waals surface area contributed by atoms with E-state index < -0.39 is 5.60 Å². The van der Waals surface area contributed by atoms with Crippen LogP contribution in [0, 0.1) is 11.3 Å². The fourth-order valence-corrected chi connectivity index (χ4v) is 1.78. The van der Waals surface area contributed by atoms with E-state index in [1.54, 1.807) is 31.2 Å². The number of aliphatic hydroxyl groups is 1. The second kappa shape index (κ2) is 5.55. The first-order valence-corrected chi connectivity index (χ1v) is 6.03. The molecule has 0 amide bonds. The van der Waals surface area contributed by atoms with Crippen LogP contribution in [0.3, 0.4) is 0 Å². The van der Waals surface area contributed by atoms with Crippen LogP contribution in [-0.4, -0.2) is 11.7 Å². The summed E-state index contributed by atoms with van der Waals surface area (Å²) in [7, 11) is 0. The summed E-state index contributed by atoms with van der Waals surface area (Å²) in [6, 6.07) is 18.4. The Morgan fingerprint density at radius 1 is 1.11 bits per heavy atom. The minimum Gasteiger partial charge on any atom is -0.489 e. The highest BCUT2D eigenvalue weighted by Crippen LogP contribution is 2.23. The van der Waals surface area contributed by atoms with E-state index in [0.717, 1.165) is 5.56 Å². The van der Waals surface area contributed by atoms with Crippen LogP contribution in [0.2, 0.25) is 0 Å². The average molecular weight is 253 g/mol. The van der Waals surface area contributed by atoms with Gasteiger partial charge in [0.25, 0.3) is 0 Å². The monoisotopic (exact) mass is 253 g/mol. The minimum atomic E-state index is -1.09. The number of para-hydroxylation sites is 1. The predicted molar refractivity (Wildman–Crippen MR) is 72.7 cm³/mol. The maximum atomic E-state index is 10.4. The van der Waals surface area contributed by atoms with Gasteiger partial charge in [-0.1, -0.05) is 42.5 Å². The van der Waals surface area contributed by atoms with Gasteiger partial charge in [0.1, 0.15) is 24.0 Å². The van der Waals surface area contributed by atoms with E-state index in [1.807, 2.05) is 30.3 Å². The zero-order chi connectivity index (χ0) is 13.7. The molecule has 0 saturated heterocycles. The summed E-state index contributed by atoms with van der Waals surface area (Å²) in [6.45, 7) is 1.78. The maximum Gasteiger partial charge on any atom is 0.137 e. The fourth-order valence-electron chi connectivity index (χ4n) is 1.78. The number of benzene rings is 2. The van der Waals surface area contributed by atoms with Crippen LogP contribution in [0.1, 0.15) is 18.1 Å². The summed E-state index contributed by atoms with van der Waals surface area (Å²) < 4.78 is 5.57. The fraction of sp³-hybridized carbons (Fsp3) is 0.188. The van der Waals surface area contributed by atoms with Crippen molar-refractivity contribution in [3.63, 3.8) is 0 Å². The number of hydrogen-bond acceptors (Lipinski definition) is 3. The first-order chi connectivity index (χ1) is 9.13. The van der Waals surface area contributed by atoms with Gasteiger partial charge >= 0.3 is 0 Å². The van der Waals surface area contributed by atoms with Crippen molar-refractivity contribution in [3.8, 4) is 11.8 Å². The van der Waals surface area contributed by atoms with E-state index in [4.69, 9.17) is 10.00 Å². The molecule has 0 aromatic heterocycles. The number of nitriles is 1. The van der Waals surface area contributed by atoms with Crippen LogP contribution in [0.4, 0.5) is 0 Å². The largest absolute Gasteiger partial charge is 0.489 e. The molecule has 1 N–H and O–H groups in total. The Bertz CT molecular complexity index is 585. The Kier molecular flexibility index (Phi) is 3.84. The molecule has 0 spiro atoms. The maximum absolute atomic E-state index is 10.4. The molecule has 19 heavy (non-hydrogen) atoms. The molecule has 2 rings (SSSR count). The number of nitrogens with zero attached hydrogens (tertiary/aromatic N) is 1. The third kappa shape index (κ3) is 3.12. The molecule has 2 aromatic carbocycles. The summed E-state index contributed by atoms with van der Waals surface area (Å²) >= 11 is 0. The summed E-state index contributed by atoms with van der Waals surface area (Å²) in [5.74, 6) is 0.487. The molecule has 0 aliphatic rings. The molecule has 3 heteroatoms. The van der Waals surface area contributed by atoms with Crippen LogP contribution in [0.25, 0.3) is 0 Å². The van der Waals surface area contributed by atoms with Gasteiger partial charge < -0.3 is 9.84 Å². The lowest BCUT2D eigenvalue weighted by Crippen LogP contribution is -2.29. The molecule has 1 unspecified atom stereocenters. The molecule has 3 nitrogen and oxygen atoms in total. The Labute approximate surface area is 112 Å². The SMILES string of the molecule is CC(O)(COc1ccccc1C#N)c1ccccc1. The van der Waals surface area contributed by atoms with Gasteiger partial charge in [-0.15, -0.1) is 0 Å². The lowest BCUT2D eigenvalue weighted by molar-refractivity contribution is 0.00751. The van der Waals surface area contributed by atoms with Gasteiger partial charge in [0.2, 0.25) is 0 Å². The van der Waals surface area contributed by atoms with Gasteiger partial charge in [0.15, 0.2) is 0 Å². The summed E-state index contributed by atoms with van der Waals surface area (Å²) in [4.78, 5) is 0. The Hall–Kier alpha value is -2.31. The lowest BCUT2D eigenvalue weighted by atomic mass is 9.97. The van der Waals surface area contributed by atoms with Crippen molar-refractivity contribution in [2.24, 2.45) is 0 Å². The second-order valence-corrected chi connectivity index (χ2v) is 4.54. The Morgan fingerprint density at radius 2 is 1.74 bits per heavy atom. The van der Waals surface area contributed by atoms with E-state index >= 15 is 0 Å². The van der Waals surface area contributed by atoms with Gasteiger partial charge in [-0.25, -0.2) is 0 Å². The molecule has 0 aliphatic heterocycles. The molecule has 0 aliphatic carbocycles. The molecular formula is C16H15NO2. The van der Waals surface area contributed by atoms with Crippen LogP contribution < -0.4 is 4.74 Å². The molecule has 2 aromatic rings. The number of hydrogen-bond donors (Lipinski definition) is 1. The molecule has 0 saturated carbocycles. The lowest BCUT2D eigenvalue weighted by Gasteiger charge is -2.24. The van der Waals surface area contributed by atoms with Crippen molar-refractivity contribution in [1.82, 2.24) is 0 Å². The highest BCUT2D eigenvalue weighted by Gasteiger charge is 2.24. The minimum absolute atomic E-state index is 0.0930. The highest BCUT2D eigenvalue weighted by molar-refractivity contribution is 5.42. The number of ether oxygens (including phenoxy) is 1. The van der Waals surface area contributed by atoms with E-state index in [-0.39, 0.29) is 6.61 Å². The molecular weight excluding hydrogens is 238 g/mol. The van der Waals surface area contributed by atoms with Gasteiger partial charge in [-0.3, -0.25) is 0 Å². The first kappa shape index (κ1) is 13.1. The van der Waals surface area contributed by atoms with Crippen molar-refractivity contribution in [2.45, 2.75) is 12.5 Å². The molecule has 0 radical (unpaired) electrons. The normalized spacial score (nSPS) is 13.3. The smallest absolute Gasteiger partial charge is 0.137 e. The summed E-state index contributed by atoms with van der Waals surface area (Å²) in [5, 5.41) is 19.4. The van der Waals surface area contributed by atoms with E-state index in [2.05, 4.69) is 6.07 Å². The predicted octanol–water partition coefficient (Wildman–Crippen LogP) is 2.84. The zero-order valence-corrected chi connectivity index (χ0v) is 10.7. The molecule has 0 fully saturated rings. The van der Waals surface area contributed by atoms with Crippen molar-refractivity contribution in [1.29, 1.82) is 5.26 Å². The standard InChI is InChI=1S/C16H15NO2/c1-16(18,14-8-3-2-4-9-14)12-19-15-10-6-5-7-13(15)11-17/h2-10,18H,12H2,1H3. The topological polar surface area (TPSA) is 53.2 Å². The average Bonchev–Trinajstić information content (AvgIpc) is 2.46. The summed E-state index contributed by atoms with van der Waals surface area (Å²) in [5.41, 5.74) is 0.153. The van der Waals surface area contributed by atoms with Gasteiger partial charge in [0, 0.05) is 0 Å². The summed E-state index contributed by atoms with van der Waals surface area (Å²) in [6.07, 6.45) is 0. The van der Waals surface area contributed by atoms with Crippen LogP contribution in [0.15, 0.2) is 54.6 Å². The van der Waals surface area contributed by atoms with Gasteiger partial charge in [0.05, 0.1) is 5.56 Å². The highest BCUT2D eigenvalue weighted by atomic mass is 16.5. The van der Waals surface area contributed by atoms with Gasteiger partial charge in [-0.05, 0) is 24.6 Å². The van der Waals surface area contributed by atoms with Crippen molar-refractivity contribution in [3.05, 3.63) is 65.7 Å². The van der Waals surface area contributed by atoms with E-state index in [1.165, 1.54) is 0 Å². The van der Waals surface area contributed by atoms with Crippen LogP contribution in [-0.2, 0) is 5.60 Å². The molecule has 96 valence electrons. The van der Waals surface area contributed by atoms with Gasteiger partial charge in [-0.2, -0.15) is 5.26 Å². The van der Waals surface area contributed by atoms with E-state index in [0.29, 0.717) is 11.3 Å². The van der Waals surface area contributed by atoms with Crippen LogP contribution >= 0.6 is 0 Å². The molecule has 0 bridgehead atoms. The number of rotatable bonds is 4. The molecule has 0 heterocycles. The third-order valence-electron chi connectivity index (χ3n) is 2.91. The van der Waals surface area contributed by atoms with Crippen molar-refractivity contribution >= 4 is 0 Å².